The SMILES string of the molecule is COc1cc(CNCCC(C)C)ccc1OCC(=O)NC(C)(C)C. The number of ether oxygens (including phenoxy) is 2. The van der Waals surface area contributed by atoms with Crippen molar-refractivity contribution in [2.75, 3.05) is 20.3 Å². The van der Waals surface area contributed by atoms with Gasteiger partial charge in [-0.3, -0.25) is 4.79 Å². The summed E-state index contributed by atoms with van der Waals surface area (Å²) in [6, 6.07) is 5.78. The van der Waals surface area contributed by atoms with Crippen LogP contribution in [0, 0.1) is 5.92 Å². The van der Waals surface area contributed by atoms with E-state index in [0.717, 1.165) is 25.1 Å². The molecule has 0 bridgehead atoms. The summed E-state index contributed by atoms with van der Waals surface area (Å²) < 4.78 is 11.0. The van der Waals surface area contributed by atoms with Crippen molar-refractivity contribution in [2.24, 2.45) is 5.92 Å². The molecule has 5 heteroatoms. The maximum atomic E-state index is 11.8. The number of amides is 1. The van der Waals surface area contributed by atoms with Gasteiger partial charge >= 0.3 is 0 Å². The molecule has 0 saturated carbocycles. The summed E-state index contributed by atoms with van der Waals surface area (Å²) in [6.45, 7) is 12.0. The van der Waals surface area contributed by atoms with Crippen LogP contribution in [0.3, 0.4) is 0 Å². The minimum absolute atomic E-state index is 0.0282. The molecule has 1 rings (SSSR count). The second-order valence-corrected chi connectivity index (χ2v) is 7.43. The molecule has 136 valence electrons. The molecule has 0 aliphatic carbocycles. The van der Waals surface area contributed by atoms with Crippen molar-refractivity contribution in [3.05, 3.63) is 23.8 Å². The fraction of sp³-hybridized carbons (Fsp3) is 0.632. The Morgan fingerprint density at radius 1 is 1.21 bits per heavy atom. The third-order valence-corrected chi connectivity index (χ3v) is 3.33. The first-order valence-electron chi connectivity index (χ1n) is 8.52. The number of hydrogen-bond acceptors (Lipinski definition) is 4. The number of hydrogen-bond donors (Lipinski definition) is 2. The van der Waals surface area contributed by atoms with Crippen LogP contribution in [0.2, 0.25) is 0 Å². The van der Waals surface area contributed by atoms with Gasteiger partial charge in [0.25, 0.3) is 5.91 Å². The van der Waals surface area contributed by atoms with Crippen molar-refractivity contribution < 1.29 is 14.3 Å². The average Bonchev–Trinajstić information content (AvgIpc) is 2.48. The van der Waals surface area contributed by atoms with E-state index < -0.39 is 0 Å². The van der Waals surface area contributed by atoms with E-state index >= 15 is 0 Å². The molecule has 0 atom stereocenters. The van der Waals surface area contributed by atoms with Crippen molar-refractivity contribution in [1.29, 1.82) is 0 Å². The van der Waals surface area contributed by atoms with Crippen molar-refractivity contribution >= 4 is 5.91 Å². The van der Waals surface area contributed by atoms with E-state index in [-0.39, 0.29) is 18.1 Å². The van der Waals surface area contributed by atoms with Crippen LogP contribution < -0.4 is 20.1 Å². The highest BCUT2D eigenvalue weighted by atomic mass is 16.5. The van der Waals surface area contributed by atoms with Crippen LogP contribution in [0.5, 0.6) is 11.5 Å². The number of rotatable bonds is 9. The van der Waals surface area contributed by atoms with Gasteiger partial charge in [-0.05, 0) is 57.4 Å². The first kappa shape index (κ1) is 20.3. The van der Waals surface area contributed by atoms with Crippen LogP contribution in [-0.4, -0.2) is 31.7 Å². The Kier molecular flexibility index (Phi) is 8.05. The first-order chi connectivity index (χ1) is 11.2. The number of carbonyl (C=O) groups is 1. The Morgan fingerprint density at radius 3 is 2.50 bits per heavy atom. The van der Waals surface area contributed by atoms with Crippen LogP contribution in [0.4, 0.5) is 0 Å². The Balaban J connectivity index is 2.55. The van der Waals surface area contributed by atoms with Crippen molar-refractivity contribution in [3.8, 4) is 11.5 Å². The molecule has 0 unspecified atom stereocenters. The third kappa shape index (κ3) is 8.20. The molecule has 0 aliphatic heterocycles. The molecule has 0 heterocycles. The lowest BCUT2D eigenvalue weighted by Crippen LogP contribution is -2.43. The Bertz CT molecular complexity index is 522. The van der Waals surface area contributed by atoms with Gasteiger partial charge in [0, 0.05) is 12.1 Å². The summed E-state index contributed by atoms with van der Waals surface area (Å²) in [5.74, 6) is 1.76. The standard InChI is InChI=1S/C19H32N2O3/c1-14(2)9-10-20-12-15-7-8-16(17(11-15)23-6)24-13-18(22)21-19(3,4)5/h7-8,11,14,20H,9-10,12-13H2,1-6H3,(H,21,22). The Morgan fingerprint density at radius 2 is 1.92 bits per heavy atom. The molecule has 5 nitrogen and oxygen atoms in total. The number of benzene rings is 1. The van der Waals surface area contributed by atoms with Crippen molar-refractivity contribution in [1.82, 2.24) is 10.6 Å². The minimum Gasteiger partial charge on any atom is -0.493 e. The van der Waals surface area contributed by atoms with E-state index in [4.69, 9.17) is 9.47 Å². The summed E-state index contributed by atoms with van der Waals surface area (Å²) in [6.07, 6.45) is 1.15. The maximum Gasteiger partial charge on any atom is 0.258 e. The van der Waals surface area contributed by atoms with Crippen molar-refractivity contribution in [2.45, 2.75) is 53.1 Å². The number of methoxy groups -OCH3 is 1. The molecule has 1 amide bonds. The van der Waals surface area contributed by atoms with E-state index in [1.807, 2.05) is 39.0 Å². The average molecular weight is 336 g/mol. The van der Waals surface area contributed by atoms with Gasteiger partial charge in [0.1, 0.15) is 0 Å². The highest BCUT2D eigenvalue weighted by Crippen LogP contribution is 2.28. The largest absolute Gasteiger partial charge is 0.493 e. The lowest BCUT2D eigenvalue weighted by atomic mass is 10.1. The van der Waals surface area contributed by atoms with E-state index in [2.05, 4.69) is 24.5 Å². The molecule has 1 aromatic rings. The molecular weight excluding hydrogens is 304 g/mol. The zero-order valence-electron chi connectivity index (χ0n) is 15.9. The monoisotopic (exact) mass is 336 g/mol. The van der Waals surface area contributed by atoms with Crippen molar-refractivity contribution in [3.63, 3.8) is 0 Å². The molecule has 0 aromatic heterocycles. The van der Waals surface area contributed by atoms with E-state index in [1.165, 1.54) is 0 Å². The Labute approximate surface area is 146 Å². The van der Waals surface area contributed by atoms with Crippen LogP contribution >= 0.6 is 0 Å². The predicted molar refractivity (Wildman–Crippen MR) is 97.5 cm³/mol. The van der Waals surface area contributed by atoms with Gasteiger partial charge in [0.15, 0.2) is 18.1 Å². The molecule has 0 spiro atoms. The topological polar surface area (TPSA) is 59.6 Å². The molecule has 0 aliphatic rings. The van der Waals surface area contributed by atoms with Gasteiger partial charge < -0.3 is 20.1 Å². The summed E-state index contributed by atoms with van der Waals surface area (Å²) in [4.78, 5) is 11.8. The fourth-order valence-electron chi connectivity index (χ4n) is 2.16. The second-order valence-electron chi connectivity index (χ2n) is 7.43. The number of nitrogens with one attached hydrogen (secondary N) is 2. The molecule has 24 heavy (non-hydrogen) atoms. The van der Waals surface area contributed by atoms with Gasteiger partial charge in [-0.1, -0.05) is 19.9 Å². The van der Waals surface area contributed by atoms with Gasteiger partial charge in [-0.2, -0.15) is 0 Å². The minimum atomic E-state index is -0.268. The number of carbonyl (C=O) groups excluding carboxylic acids is 1. The molecule has 1 aromatic carbocycles. The van der Waals surface area contributed by atoms with E-state index in [1.54, 1.807) is 7.11 Å². The van der Waals surface area contributed by atoms with Crippen LogP contribution in [-0.2, 0) is 11.3 Å². The second kappa shape index (κ2) is 9.52. The van der Waals surface area contributed by atoms with Crippen LogP contribution in [0.1, 0.15) is 46.6 Å². The highest BCUT2D eigenvalue weighted by Gasteiger charge is 2.15. The summed E-state index contributed by atoms with van der Waals surface area (Å²) >= 11 is 0. The van der Waals surface area contributed by atoms with E-state index in [0.29, 0.717) is 17.4 Å². The summed E-state index contributed by atoms with van der Waals surface area (Å²) in [5.41, 5.74) is 0.859. The summed E-state index contributed by atoms with van der Waals surface area (Å²) in [7, 11) is 1.60. The van der Waals surface area contributed by atoms with Gasteiger partial charge in [0.05, 0.1) is 7.11 Å². The highest BCUT2D eigenvalue weighted by molar-refractivity contribution is 5.78. The fourth-order valence-corrected chi connectivity index (χ4v) is 2.16. The molecular formula is C19H32N2O3. The maximum absolute atomic E-state index is 11.8. The lowest BCUT2D eigenvalue weighted by molar-refractivity contribution is -0.124. The molecule has 0 saturated heterocycles. The molecule has 0 radical (unpaired) electrons. The Hall–Kier alpha value is -1.75. The normalized spacial score (nSPS) is 11.5. The first-order valence-corrected chi connectivity index (χ1v) is 8.52. The lowest BCUT2D eigenvalue weighted by Gasteiger charge is -2.20. The van der Waals surface area contributed by atoms with Gasteiger partial charge in [-0.25, -0.2) is 0 Å². The van der Waals surface area contributed by atoms with Gasteiger partial charge in [0.2, 0.25) is 0 Å². The zero-order chi connectivity index (χ0) is 18.2. The quantitative estimate of drug-likeness (QED) is 0.680. The van der Waals surface area contributed by atoms with Crippen LogP contribution in [0.25, 0.3) is 0 Å². The van der Waals surface area contributed by atoms with Gasteiger partial charge in [-0.15, -0.1) is 0 Å². The smallest absolute Gasteiger partial charge is 0.258 e. The molecule has 2 N–H and O–H groups in total. The third-order valence-electron chi connectivity index (χ3n) is 3.33. The zero-order valence-corrected chi connectivity index (χ0v) is 15.9. The summed E-state index contributed by atoms with van der Waals surface area (Å²) in [5, 5.41) is 6.29. The molecule has 0 fully saturated rings. The van der Waals surface area contributed by atoms with Crippen LogP contribution in [0.15, 0.2) is 18.2 Å². The predicted octanol–water partition coefficient (Wildman–Crippen LogP) is 3.12. The van der Waals surface area contributed by atoms with E-state index in [9.17, 15) is 4.79 Å².